The first kappa shape index (κ1) is 14.2. The molecule has 3 nitrogen and oxygen atoms in total. The van der Waals surface area contributed by atoms with E-state index in [4.69, 9.17) is 9.47 Å². The summed E-state index contributed by atoms with van der Waals surface area (Å²) in [6.45, 7) is 4.06. The van der Waals surface area contributed by atoms with E-state index in [0.29, 0.717) is 0 Å². The molecule has 0 aliphatic heterocycles. The lowest BCUT2D eigenvalue weighted by molar-refractivity contribution is 0.126. The Bertz CT molecular complexity index is 406. The van der Waals surface area contributed by atoms with Gasteiger partial charge in [0.1, 0.15) is 11.5 Å². The number of benzene rings is 1. The number of ether oxygens (including phenoxy) is 2. The Kier molecular flexibility index (Phi) is 4.70. The smallest absolute Gasteiger partial charge is 0.129 e. The highest BCUT2D eigenvalue weighted by Crippen LogP contribution is 2.33. The molecule has 0 spiro atoms. The van der Waals surface area contributed by atoms with E-state index in [1.165, 1.54) is 12.8 Å². The number of aliphatic hydroxyl groups excluding tert-OH is 1. The first-order valence-corrected chi connectivity index (χ1v) is 7.12. The third-order valence-electron chi connectivity index (χ3n) is 3.93. The van der Waals surface area contributed by atoms with Crippen LogP contribution in [-0.2, 0) is 0 Å². The second-order valence-electron chi connectivity index (χ2n) is 5.58. The molecular weight excluding hydrogens is 240 g/mol. The van der Waals surface area contributed by atoms with Gasteiger partial charge in [0.05, 0.1) is 19.3 Å². The maximum atomic E-state index is 9.82. The Hall–Kier alpha value is -1.22. The van der Waals surface area contributed by atoms with E-state index in [1.807, 2.05) is 18.2 Å². The van der Waals surface area contributed by atoms with Crippen LogP contribution >= 0.6 is 0 Å². The predicted molar refractivity (Wildman–Crippen MR) is 75.7 cm³/mol. The van der Waals surface area contributed by atoms with E-state index >= 15 is 0 Å². The molecule has 1 N–H and O–H groups in total. The molecule has 0 bridgehead atoms. The van der Waals surface area contributed by atoms with E-state index in [9.17, 15) is 5.11 Å². The predicted octanol–water partition coefficient (Wildman–Crippen LogP) is 3.71. The SMILES string of the molecule is COc1ccc(C(C)O)c(OC2CCC(C)CC2)c1. The minimum Gasteiger partial charge on any atom is -0.497 e. The van der Waals surface area contributed by atoms with Crippen molar-refractivity contribution in [3.8, 4) is 11.5 Å². The molecule has 0 aromatic heterocycles. The molecule has 3 heteroatoms. The van der Waals surface area contributed by atoms with Crippen LogP contribution < -0.4 is 9.47 Å². The van der Waals surface area contributed by atoms with Crippen LogP contribution in [0, 0.1) is 5.92 Å². The third kappa shape index (κ3) is 3.63. The number of hydrogen-bond acceptors (Lipinski definition) is 3. The molecule has 0 radical (unpaired) electrons. The minimum atomic E-state index is -0.525. The first-order valence-electron chi connectivity index (χ1n) is 7.12. The lowest BCUT2D eigenvalue weighted by Crippen LogP contribution is -2.23. The van der Waals surface area contributed by atoms with Crippen LogP contribution in [0.2, 0.25) is 0 Å². The molecule has 1 unspecified atom stereocenters. The van der Waals surface area contributed by atoms with Gasteiger partial charge in [-0.05, 0) is 50.7 Å². The maximum absolute atomic E-state index is 9.82. The molecule has 1 saturated carbocycles. The van der Waals surface area contributed by atoms with Crippen LogP contribution in [0.25, 0.3) is 0 Å². The average Bonchev–Trinajstić information content (AvgIpc) is 2.41. The van der Waals surface area contributed by atoms with Crippen LogP contribution in [0.1, 0.15) is 51.2 Å². The van der Waals surface area contributed by atoms with E-state index in [-0.39, 0.29) is 6.10 Å². The van der Waals surface area contributed by atoms with Gasteiger partial charge >= 0.3 is 0 Å². The van der Waals surface area contributed by atoms with Crippen molar-refractivity contribution in [2.75, 3.05) is 7.11 Å². The second-order valence-corrected chi connectivity index (χ2v) is 5.58. The molecule has 1 aromatic carbocycles. The highest BCUT2D eigenvalue weighted by molar-refractivity contribution is 5.42. The molecule has 0 heterocycles. The molecule has 1 atom stereocenters. The summed E-state index contributed by atoms with van der Waals surface area (Å²) in [4.78, 5) is 0. The Balaban J connectivity index is 2.13. The van der Waals surface area contributed by atoms with Gasteiger partial charge in [0.25, 0.3) is 0 Å². The van der Waals surface area contributed by atoms with Crippen LogP contribution in [-0.4, -0.2) is 18.3 Å². The molecule has 1 aliphatic rings. The van der Waals surface area contributed by atoms with Gasteiger partial charge in [-0.15, -0.1) is 0 Å². The molecular formula is C16H24O3. The maximum Gasteiger partial charge on any atom is 0.129 e. The quantitative estimate of drug-likeness (QED) is 0.901. The summed E-state index contributed by atoms with van der Waals surface area (Å²) in [5.74, 6) is 2.33. The monoisotopic (exact) mass is 264 g/mol. The summed E-state index contributed by atoms with van der Waals surface area (Å²) in [5, 5.41) is 9.82. The fourth-order valence-electron chi connectivity index (χ4n) is 2.62. The summed E-state index contributed by atoms with van der Waals surface area (Å²) >= 11 is 0. The van der Waals surface area contributed by atoms with E-state index in [2.05, 4.69) is 6.92 Å². The zero-order valence-electron chi connectivity index (χ0n) is 12.1. The summed E-state index contributed by atoms with van der Waals surface area (Å²) in [7, 11) is 1.64. The topological polar surface area (TPSA) is 38.7 Å². The Morgan fingerprint density at radius 3 is 2.47 bits per heavy atom. The average molecular weight is 264 g/mol. The molecule has 1 aliphatic carbocycles. The van der Waals surface area contributed by atoms with Gasteiger partial charge < -0.3 is 14.6 Å². The van der Waals surface area contributed by atoms with Crippen molar-refractivity contribution in [1.82, 2.24) is 0 Å². The molecule has 106 valence electrons. The van der Waals surface area contributed by atoms with Gasteiger partial charge in [-0.3, -0.25) is 0 Å². The number of hydrogen-bond donors (Lipinski definition) is 1. The van der Waals surface area contributed by atoms with Crippen molar-refractivity contribution in [2.45, 2.75) is 51.7 Å². The number of aliphatic hydroxyl groups is 1. The van der Waals surface area contributed by atoms with E-state index < -0.39 is 6.10 Å². The highest BCUT2D eigenvalue weighted by atomic mass is 16.5. The number of methoxy groups -OCH3 is 1. The van der Waals surface area contributed by atoms with Crippen LogP contribution in [0.5, 0.6) is 11.5 Å². The van der Waals surface area contributed by atoms with Crippen molar-refractivity contribution >= 4 is 0 Å². The zero-order chi connectivity index (χ0) is 13.8. The van der Waals surface area contributed by atoms with Gasteiger partial charge in [-0.2, -0.15) is 0 Å². The fraction of sp³-hybridized carbons (Fsp3) is 0.625. The lowest BCUT2D eigenvalue weighted by Gasteiger charge is -2.28. The minimum absolute atomic E-state index is 0.265. The van der Waals surface area contributed by atoms with E-state index in [1.54, 1.807) is 14.0 Å². The molecule has 2 rings (SSSR count). The third-order valence-corrected chi connectivity index (χ3v) is 3.93. The van der Waals surface area contributed by atoms with Crippen molar-refractivity contribution in [3.63, 3.8) is 0 Å². The van der Waals surface area contributed by atoms with Gasteiger partial charge in [-0.25, -0.2) is 0 Å². The number of rotatable bonds is 4. The normalized spacial score (nSPS) is 24.8. The van der Waals surface area contributed by atoms with E-state index in [0.717, 1.165) is 35.8 Å². The Labute approximate surface area is 115 Å². The van der Waals surface area contributed by atoms with Crippen molar-refractivity contribution in [2.24, 2.45) is 5.92 Å². The van der Waals surface area contributed by atoms with Crippen molar-refractivity contribution < 1.29 is 14.6 Å². The lowest BCUT2D eigenvalue weighted by atomic mass is 9.89. The molecule has 0 amide bonds. The Morgan fingerprint density at radius 2 is 1.89 bits per heavy atom. The van der Waals surface area contributed by atoms with Gasteiger partial charge in [0, 0.05) is 11.6 Å². The second kappa shape index (κ2) is 6.29. The summed E-state index contributed by atoms with van der Waals surface area (Å²) < 4.78 is 11.3. The van der Waals surface area contributed by atoms with Gasteiger partial charge in [-0.1, -0.05) is 6.92 Å². The molecule has 1 aromatic rings. The zero-order valence-corrected chi connectivity index (χ0v) is 12.1. The van der Waals surface area contributed by atoms with Crippen LogP contribution in [0.3, 0.4) is 0 Å². The van der Waals surface area contributed by atoms with Crippen LogP contribution in [0.4, 0.5) is 0 Å². The Morgan fingerprint density at radius 1 is 1.21 bits per heavy atom. The highest BCUT2D eigenvalue weighted by Gasteiger charge is 2.21. The summed E-state index contributed by atoms with van der Waals surface area (Å²) in [6.07, 6.45) is 4.37. The molecule has 19 heavy (non-hydrogen) atoms. The summed E-state index contributed by atoms with van der Waals surface area (Å²) in [5.41, 5.74) is 0.833. The van der Waals surface area contributed by atoms with Gasteiger partial charge in [0.2, 0.25) is 0 Å². The van der Waals surface area contributed by atoms with Crippen molar-refractivity contribution in [3.05, 3.63) is 23.8 Å². The molecule has 0 saturated heterocycles. The van der Waals surface area contributed by atoms with Gasteiger partial charge in [0.15, 0.2) is 0 Å². The standard InChI is InChI=1S/C16H24O3/c1-11-4-6-13(7-5-11)19-16-10-14(18-3)8-9-15(16)12(2)17/h8-13,17H,4-7H2,1-3H3. The van der Waals surface area contributed by atoms with Crippen LogP contribution in [0.15, 0.2) is 18.2 Å². The largest absolute Gasteiger partial charge is 0.497 e. The fourth-order valence-corrected chi connectivity index (χ4v) is 2.62. The first-order chi connectivity index (χ1) is 9.10. The summed E-state index contributed by atoms with van der Waals surface area (Å²) in [6, 6.07) is 5.61. The molecule has 1 fully saturated rings. The van der Waals surface area contributed by atoms with Crippen molar-refractivity contribution in [1.29, 1.82) is 0 Å².